The summed E-state index contributed by atoms with van der Waals surface area (Å²) in [5.74, 6) is 1.56. The summed E-state index contributed by atoms with van der Waals surface area (Å²) in [7, 11) is 0. The Labute approximate surface area is 107 Å². The van der Waals surface area contributed by atoms with Gasteiger partial charge >= 0.3 is 0 Å². The van der Waals surface area contributed by atoms with Crippen molar-refractivity contribution in [3.63, 3.8) is 0 Å². The van der Waals surface area contributed by atoms with Crippen LogP contribution in [0.15, 0.2) is 5.16 Å². The molecule has 1 saturated heterocycles. The van der Waals surface area contributed by atoms with Gasteiger partial charge < -0.3 is 11.1 Å². The van der Waals surface area contributed by atoms with Gasteiger partial charge in [-0.3, -0.25) is 4.57 Å². The van der Waals surface area contributed by atoms with Crippen LogP contribution < -0.4 is 11.1 Å². The molecule has 1 aromatic heterocycles. The number of nitrogens with one attached hydrogen (secondary N) is 1. The molecule has 0 aliphatic carbocycles. The molecule has 0 aromatic carbocycles. The molecular weight excluding hydrogens is 234 g/mol. The van der Waals surface area contributed by atoms with Crippen molar-refractivity contribution < 1.29 is 0 Å². The monoisotopic (exact) mass is 255 g/mol. The highest BCUT2D eigenvalue weighted by atomic mass is 32.2. The lowest BCUT2D eigenvalue weighted by atomic mass is 10.1. The van der Waals surface area contributed by atoms with Crippen LogP contribution in [-0.2, 0) is 0 Å². The Bertz CT molecular complexity index is 357. The third kappa shape index (κ3) is 3.13. The molecule has 0 radical (unpaired) electrons. The van der Waals surface area contributed by atoms with Gasteiger partial charge in [0.15, 0.2) is 5.16 Å². The molecule has 96 valence electrons. The molecule has 0 amide bonds. The fourth-order valence-corrected chi connectivity index (χ4v) is 3.29. The zero-order valence-electron chi connectivity index (χ0n) is 10.5. The Morgan fingerprint density at radius 2 is 2.29 bits per heavy atom. The average molecular weight is 255 g/mol. The number of nitrogen functional groups attached to an aromatic ring is 1. The minimum absolute atomic E-state index is 0.312. The van der Waals surface area contributed by atoms with Crippen LogP contribution in [-0.4, -0.2) is 33.1 Å². The predicted octanol–water partition coefficient (Wildman–Crippen LogP) is 1.68. The van der Waals surface area contributed by atoms with Crippen LogP contribution in [0.25, 0.3) is 0 Å². The fraction of sp³-hybridized carbons (Fsp3) is 0.818. The lowest BCUT2D eigenvalue weighted by Gasteiger charge is -2.23. The van der Waals surface area contributed by atoms with Crippen LogP contribution in [0.1, 0.15) is 39.2 Å². The number of anilines is 1. The zero-order chi connectivity index (χ0) is 12.3. The van der Waals surface area contributed by atoms with Crippen molar-refractivity contribution in [2.24, 2.45) is 0 Å². The summed E-state index contributed by atoms with van der Waals surface area (Å²) in [6.45, 7) is 5.34. The number of piperidine rings is 1. The second-order valence-corrected chi connectivity index (χ2v) is 5.75. The zero-order valence-corrected chi connectivity index (χ0v) is 11.3. The van der Waals surface area contributed by atoms with Crippen LogP contribution in [0.5, 0.6) is 0 Å². The minimum Gasteiger partial charge on any atom is -0.368 e. The van der Waals surface area contributed by atoms with Gasteiger partial charge in [0.25, 0.3) is 0 Å². The maximum atomic E-state index is 5.81. The van der Waals surface area contributed by atoms with Crippen LogP contribution in [0, 0.1) is 0 Å². The van der Waals surface area contributed by atoms with Crippen LogP contribution >= 0.6 is 11.8 Å². The smallest absolute Gasteiger partial charge is 0.222 e. The van der Waals surface area contributed by atoms with Crippen molar-refractivity contribution in [3.05, 3.63) is 0 Å². The Kier molecular flexibility index (Phi) is 4.28. The number of nitrogens with zero attached hydrogens (tertiary/aromatic N) is 3. The molecule has 1 atom stereocenters. The molecule has 1 aliphatic heterocycles. The summed E-state index contributed by atoms with van der Waals surface area (Å²) in [5.41, 5.74) is 5.81. The Morgan fingerprint density at radius 3 is 2.94 bits per heavy atom. The first-order valence-corrected chi connectivity index (χ1v) is 7.23. The van der Waals surface area contributed by atoms with E-state index in [9.17, 15) is 0 Å². The van der Waals surface area contributed by atoms with E-state index < -0.39 is 0 Å². The number of hydrogen-bond donors (Lipinski definition) is 2. The summed E-state index contributed by atoms with van der Waals surface area (Å²) in [6, 6.07) is 0.916. The molecule has 5 nitrogen and oxygen atoms in total. The standard InChI is InChI=1S/C11H21N5S/c1-8(2)16-10(12)14-15-11(16)17-7-9-5-3-4-6-13-9/h8-9,13H,3-7H2,1-2H3,(H2,12,14). The summed E-state index contributed by atoms with van der Waals surface area (Å²) in [4.78, 5) is 0. The normalized spacial score (nSPS) is 21.0. The van der Waals surface area contributed by atoms with Gasteiger partial charge in [0.2, 0.25) is 5.95 Å². The topological polar surface area (TPSA) is 68.8 Å². The SMILES string of the molecule is CC(C)n1c(N)nnc1SCC1CCCCN1. The number of hydrogen-bond acceptors (Lipinski definition) is 5. The van der Waals surface area contributed by atoms with E-state index >= 15 is 0 Å². The second kappa shape index (κ2) is 5.73. The van der Waals surface area contributed by atoms with E-state index in [1.54, 1.807) is 11.8 Å². The number of nitrogens with two attached hydrogens (primary N) is 1. The first-order chi connectivity index (χ1) is 8.18. The molecule has 3 N–H and O–H groups in total. The van der Waals surface area contributed by atoms with Gasteiger partial charge in [-0.2, -0.15) is 0 Å². The minimum atomic E-state index is 0.312. The van der Waals surface area contributed by atoms with Crippen LogP contribution in [0.3, 0.4) is 0 Å². The first kappa shape index (κ1) is 12.7. The van der Waals surface area contributed by atoms with E-state index in [1.165, 1.54) is 19.3 Å². The van der Waals surface area contributed by atoms with E-state index in [4.69, 9.17) is 5.73 Å². The molecule has 17 heavy (non-hydrogen) atoms. The molecule has 1 fully saturated rings. The molecule has 2 heterocycles. The third-order valence-corrected chi connectivity index (χ3v) is 4.14. The van der Waals surface area contributed by atoms with E-state index in [-0.39, 0.29) is 0 Å². The molecule has 0 saturated carbocycles. The Balaban J connectivity index is 1.94. The quantitative estimate of drug-likeness (QED) is 0.801. The average Bonchev–Trinajstić information content (AvgIpc) is 2.69. The number of thioether (sulfide) groups is 1. The summed E-state index contributed by atoms with van der Waals surface area (Å²) in [5, 5.41) is 12.6. The predicted molar refractivity (Wildman–Crippen MR) is 71.2 cm³/mol. The van der Waals surface area contributed by atoms with Gasteiger partial charge in [-0.25, -0.2) is 0 Å². The number of aromatic nitrogens is 3. The summed E-state index contributed by atoms with van der Waals surface area (Å²) >= 11 is 1.75. The lowest BCUT2D eigenvalue weighted by Crippen LogP contribution is -2.35. The maximum absolute atomic E-state index is 5.81. The lowest BCUT2D eigenvalue weighted by molar-refractivity contribution is 0.429. The van der Waals surface area contributed by atoms with E-state index in [0.717, 1.165) is 17.5 Å². The molecule has 2 rings (SSSR count). The highest BCUT2D eigenvalue weighted by Crippen LogP contribution is 2.24. The Hall–Kier alpha value is -0.750. The molecule has 0 bridgehead atoms. The van der Waals surface area contributed by atoms with Crippen molar-refractivity contribution in [2.45, 2.75) is 50.4 Å². The third-order valence-electron chi connectivity index (χ3n) is 3.03. The largest absolute Gasteiger partial charge is 0.368 e. The summed E-state index contributed by atoms with van der Waals surface area (Å²) < 4.78 is 1.99. The van der Waals surface area contributed by atoms with Gasteiger partial charge in [-0.05, 0) is 33.2 Å². The second-order valence-electron chi connectivity index (χ2n) is 4.76. The van der Waals surface area contributed by atoms with Gasteiger partial charge in [-0.15, -0.1) is 10.2 Å². The van der Waals surface area contributed by atoms with E-state index in [1.807, 2.05) is 4.57 Å². The molecular formula is C11H21N5S. The van der Waals surface area contributed by atoms with Gasteiger partial charge in [0.1, 0.15) is 0 Å². The molecule has 0 spiro atoms. The molecule has 1 aliphatic rings. The van der Waals surface area contributed by atoms with Crippen LogP contribution in [0.4, 0.5) is 5.95 Å². The first-order valence-electron chi connectivity index (χ1n) is 6.25. The highest BCUT2D eigenvalue weighted by molar-refractivity contribution is 7.99. The fourth-order valence-electron chi connectivity index (χ4n) is 2.11. The Morgan fingerprint density at radius 1 is 1.47 bits per heavy atom. The van der Waals surface area contributed by atoms with Crippen molar-refractivity contribution in [1.29, 1.82) is 0 Å². The van der Waals surface area contributed by atoms with Crippen molar-refractivity contribution in [1.82, 2.24) is 20.1 Å². The van der Waals surface area contributed by atoms with Crippen molar-refractivity contribution in [2.75, 3.05) is 18.0 Å². The highest BCUT2D eigenvalue weighted by Gasteiger charge is 2.17. The van der Waals surface area contributed by atoms with Crippen LogP contribution in [0.2, 0.25) is 0 Å². The molecule has 6 heteroatoms. The molecule has 1 unspecified atom stereocenters. The van der Waals surface area contributed by atoms with Crippen molar-refractivity contribution >= 4 is 17.7 Å². The number of rotatable bonds is 4. The van der Waals surface area contributed by atoms with Gasteiger partial charge in [-0.1, -0.05) is 18.2 Å². The van der Waals surface area contributed by atoms with E-state index in [0.29, 0.717) is 18.0 Å². The van der Waals surface area contributed by atoms with Gasteiger partial charge in [0.05, 0.1) is 0 Å². The summed E-state index contributed by atoms with van der Waals surface area (Å²) in [6.07, 6.45) is 3.89. The van der Waals surface area contributed by atoms with Gasteiger partial charge in [0, 0.05) is 17.8 Å². The maximum Gasteiger partial charge on any atom is 0.222 e. The van der Waals surface area contributed by atoms with Crippen molar-refractivity contribution in [3.8, 4) is 0 Å². The molecule has 1 aromatic rings. The van der Waals surface area contributed by atoms with E-state index in [2.05, 4.69) is 29.4 Å².